The van der Waals surface area contributed by atoms with Gasteiger partial charge < -0.3 is 15.8 Å². The predicted molar refractivity (Wildman–Crippen MR) is 77.2 cm³/mol. The topological polar surface area (TPSA) is 98.5 Å². The van der Waals surface area contributed by atoms with E-state index in [0.717, 1.165) is 42.5 Å². The minimum Gasteiger partial charge on any atom is -0.455 e. The van der Waals surface area contributed by atoms with Gasteiger partial charge in [0, 0.05) is 4.88 Å². The Labute approximate surface area is 125 Å². The number of aryl methyl sites for hydroxylation is 1. The predicted octanol–water partition coefficient (Wildman–Crippen LogP) is 1.23. The number of nitrogens with two attached hydrogens (primary N) is 1. The van der Waals surface area contributed by atoms with Gasteiger partial charge in [0.15, 0.2) is 6.61 Å². The summed E-state index contributed by atoms with van der Waals surface area (Å²) in [6.07, 6.45) is 4.41. The summed E-state index contributed by atoms with van der Waals surface area (Å²) in [5.74, 6) is -1.33. The zero-order valence-corrected chi connectivity index (χ0v) is 12.3. The summed E-state index contributed by atoms with van der Waals surface area (Å²) in [4.78, 5) is 35.9. The van der Waals surface area contributed by atoms with Crippen molar-refractivity contribution < 1.29 is 19.1 Å². The van der Waals surface area contributed by atoms with Crippen molar-refractivity contribution >= 4 is 34.1 Å². The average Bonchev–Trinajstić information content (AvgIpc) is 3.09. The number of carbonyl (C=O) groups excluding carboxylic acids is 3. The van der Waals surface area contributed by atoms with Crippen molar-refractivity contribution in [2.75, 3.05) is 11.9 Å². The van der Waals surface area contributed by atoms with E-state index in [-0.39, 0.29) is 18.5 Å². The lowest BCUT2D eigenvalue weighted by atomic mass is 10.1. The van der Waals surface area contributed by atoms with Gasteiger partial charge in [-0.2, -0.15) is 0 Å². The van der Waals surface area contributed by atoms with Crippen LogP contribution in [0.25, 0.3) is 0 Å². The number of esters is 1. The van der Waals surface area contributed by atoms with Crippen LogP contribution in [0.3, 0.4) is 0 Å². The second-order valence-electron chi connectivity index (χ2n) is 5.36. The lowest BCUT2D eigenvalue weighted by molar-refractivity contribution is -0.148. The van der Waals surface area contributed by atoms with Crippen molar-refractivity contribution in [3.63, 3.8) is 0 Å². The molecule has 0 aromatic carbocycles. The molecule has 3 N–H and O–H groups in total. The molecule has 1 heterocycles. The van der Waals surface area contributed by atoms with E-state index in [1.807, 2.05) is 0 Å². The Morgan fingerprint density at radius 1 is 1.29 bits per heavy atom. The third-order valence-electron chi connectivity index (χ3n) is 3.68. The highest BCUT2D eigenvalue weighted by Gasteiger charge is 2.32. The molecule has 0 atom stereocenters. The first-order chi connectivity index (χ1) is 10.1. The van der Waals surface area contributed by atoms with E-state index in [4.69, 9.17) is 10.5 Å². The Hall–Kier alpha value is -1.89. The number of primary amides is 1. The molecule has 0 spiro atoms. The van der Waals surface area contributed by atoms with Crippen molar-refractivity contribution in [1.82, 2.24) is 0 Å². The maximum Gasteiger partial charge on any atom is 0.309 e. The molecule has 0 bridgehead atoms. The maximum absolute atomic E-state index is 11.8. The molecule has 0 radical (unpaired) electrons. The number of rotatable bonds is 5. The quantitative estimate of drug-likeness (QED) is 0.799. The molecule has 6 nitrogen and oxygen atoms in total. The fourth-order valence-corrected chi connectivity index (χ4v) is 3.80. The summed E-state index contributed by atoms with van der Waals surface area (Å²) >= 11 is 1.38. The zero-order valence-electron chi connectivity index (χ0n) is 11.4. The van der Waals surface area contributed by atoms with Crippen molar-refractivity contribution in [2.24, 2.45) is 11.7 Å². The van der Waals surface area contributed by atoms with Crippen molar-refractivity contribution in [3.8, 4) is 0 Å². The van der Waals surface area contributed by atoms with Gasteiger partial charge in [-0.15, -0.1) is 11.3 Å². The van der Waals surface area contributed by atoms with E-state index in [1.54, 1.807) is 0 Å². The molecule has 1 aromatic rings. The zero-order chi connectivity index (χ0) is 15.0. The third kappa shape index (κ3) is 2.92. The first kappa shape index (κ1) is 14.1. The minimum absolute atomic E-state index is 0.0375. The van der Waals surface area contributed by atoms with E-state index >= 15 is 0 Å². The smallest absolute Gasteiger partial charge is 0.309 e. The van der Waals surface area contributed by atoms with Gasteiger partial charge in [0.05, 0.1) is 11.5 Å². The Kier molecular flexibility index (Phi) is 3.67. The van der Waals surface area contributed by atoms with Crippen LogP contribution >= 0.6 is 11.3 Å². The average molecular weight is 308 g/mol. The Bertz CT molecular complexity index is 619. The molecule has 7 heteroatoms. The van der Waals surface area contributed by atoms with E-state index in [0.29, 0.717) is 10.6 Å². The summed E-state index contributed by atoms with van der Waals surface area (Å²) in [5, 5.41) is 3.11. The van der Waals surface area contributed by atoms with Crippen LogP contribution < -0.4 is 11.1 Å². The Morgan fingerprint density at radius 3 is 2.71 bits per heavy atom. The first-order valence-corrected chi connectivity index (χ1v) is 7.78. The molecule has 112 valence electrons. The van der Waals surface area contributed by atoms with Gasteiger partial charge in [-0.1, -0.05) is 0 Å². The third-order valence-corrected chi connectivity index (χ3v) is 4.88. The van der Waals surface area contributed by atoms with Crippen LogP contribution in [0.5, 0.6) is 0 Å². The monoisotopic (exact) mass is 308 g/mol. The van der Waals surface area contributed by atoms with Gasteiger partial charge in [-0.05, 0) is 37.7 Å². The van der Waals surface area contributed by atoms with E-state index in [1.165, 1.54) is 11.3 Å². The van der Waals surface area contributed by atoms with E-state index in [2.05, 4.69) is 5.32 Å². The molecular formula is C14H16N2O4S. The van der Waals surface area contributed by atoms with Crippen molar-refractivity contribution in [1.29, 1.82) is 0 Å². The summed E-state index contributed by atoms with van der Waals surface area (Å²) in [5.41, 5.74) is 6.78. The molecule has 1 aromatic heterocycles. The molecule has 2 aliphatic rings. The van der Waals surface area contributed by atoms with Crippen LogP contribution in [-0.4, -0.2) is 24.4 Å². The molecule has 0 aliphatic heterocycles. The summed E-state index contributed by atoms with van der Waals surface area (Å²) < 4.78 is 4.92. The van der Waals surface area contributed by atoms with E-state index < -0.39 is 11.8 Å². The molecule has 0 saturated heterocycles. The molecule has 0 unspecified atom stereocenters. The molecule has 2 aliphatic carbocycles. The summed E-state index contributed by atoms with van der Waals surface area (Å²) in [7, 11) is 0. The number of hydrogen-bond acceptors (Lipinski definition) is 5. The number of amides is 2. The van der Waals surface area contributed by atoms with Gasteiger partial charge in [-0.25, -0.2) is 0 Å². The SMILES string of the molecule is NC(=O)c1c(NC(=O)COC(=O)C2CC2)sc2c1CCC2. The number of carbonyl (C=O) groups is 3. The fourth-order valence-electron chi connectivity index (χ4n) is 2.49. The van der Waals surface area contributed by atoms with E-state index in [9.17, 15) is 14.4 Å². The molecular weight excluding hydrogens is 292 g/mol. The first-order valence-electron chi connectivity index (χ1n) is 6.97. The van der Waals surface area contributed by atoms with Gasteiger partial charge in [0.2, 0.25) is 0 Å². The van der Waals surface area contributed by atoms with Crippen LogP contribution in [0.1, 0.15) is 40.1 Å². The van der Waals surface area contributed by atoms with Gasteiger partial charge in [0.1, 0.15) is 5.00 Å². The van der Waals surface area contributed by atoms with Crippen molar-refractivity contribution in [3.05, 3.63) is 16.0 Å². The number of thiophene rings is 1. The Balaban J connectivity index is 1.65. The van der Waals surface area contributed by atoms with Gasteiger partial charge in [0.25, 0.3) is 11.8 Å². The highest BCUT2D eigenvalue weighted by molar-refractivity contribution is 7.17. The molecule has 2 amide bonds. The molecule has 21 heavy (non-hydrogen) atoms. The maximum atomic E-state index is 11.8. The van der Waals surface area contributed by atoms with Crippen LogP contribution in [0.15, 0.2) is 0 Å². The fraction of sp³-hybridized carbons (Fsp3) is 0.500. The number of anilines is 1. The highest BCUT2D eigenvalue weighted by Crippen LogP contribution is 2.38. The van der Waals surface area contributed by atoms with Crippen LogP contribution in [0.2, 0.25) is 0 Å². The number of nitrogens with one attached hydrogen (secondary N) is 1. The summed E-state index contributed by atoms with van der Waals surface area (Å²) in [6.45, 7) is -0.323. The number of ether oxygens (including phenoxy) is 1. The Morgan fingerprint density at radius 2 is 2.05 bits per heavy atom. The summed E-state index contributed by atoms with van der Waals surface area (Å²) in [6, 6.07) is 0. The van der Waals surface area contributed by atoms with Gasteiger partial charge in [-0.3, -0.25) is 14.4 Å². The minimum atomic E-state index is -0.528. The largest absolute Gasteiger partial charge is 0.455 e. The number of hydrogen-bond donors (Lipinski definition) is 2. The highest BCUT2D eigenvalue weighted by atomic mass is 32.1. The molecule has 1 fully saturated rings. The molecule has 3 rings (SSSR count). The lowest BCUT2D eigenvalue weighted by Gasteiger charge is -2.06. The lowest BCUT2D eigenvalue weighted by Crippen LogP contribution is -2.23. The van der Waals surface area contributed by atoms with Crippen LogP contribution in [-0.2, 0) is 27.2 Å². The number of fused-ring (bicyclic) bond motifs is 1. The van der Waals surface area contributed by atoms with Crippen LogP contribution in [0.4, 0.5) is 5.00 Å². The molecule has 1 saturated carbocycles. The van der Waals surface area contributed by atoms with Gasteiger partial charge >= 0.3 is 5.97 Å². The second kappa shape index (κ2) is 5.48. The van der Waals surface area contributed by atoms with Crippen molar-refractivity contribution in [2.45, 2.75) is 32.1 Å². The standard InChI is InChI=1S/C14H16N2O4S/c15-12(18)11-8-2-1-3-9(8)21-13(11)16-10(17)6-20-14(19)7-4-5-7/h7H,1-6H2,(H2,15,18)(H,16,17). The van der Waals surface area contributed by atoms with Crippen LogP contribution in [0, 0.1) is 5.92 Å². The normalized spacial score (nSPS) is 16.4. The second-order valence-corrected chi connectivity index (χ2v) is 6.46.